The van der Waals surface area contributed by atoms with E-state index in [0.29, 0.717) is 19.4 Å². The van der Waals surface area contributed by atoms with E-state index in [4.69, 9.17) is 5.73 Å². The molecule has 0 heterocycles. The molecule has 0 atom stereocenters. The first-order valence-corrected chi connectivity index (χ1v) is 4.36. The van der Waals surface area contributed by atoms with Crippen molar-refractivity contribution in [3.05, 3.63) is 0 Å². The van der Waals surface area contributed by atoms with Crippen molar-refractivity contribution in [1.82, 2.24) is 10.6 Å². The van der Waals surface area contributed by atoms with Crippen LogP contribution in [0.25, 0.3) is 0 Å². The fourth-order valence-corrected chi connectivity index (χ4v) is 0.838. The Morgan fingerprint density at radius 2 is 1.92 bits per heavy atom. The van der Waals surface area contributed by atoms with Gasteiger partial charge in [-0.3, -0.25) is 9.59 Å². The van der Waals surface area contributed by atoms with Gasteiger partial charge in [-0.25, -0.2) is 0 Å². The molecule has 5 heteroatoms. The van der Waals surface area contributed by atoms with Gasteiger partial charge in [-0.2, -0.15) is 0 Å². The van der Waals surface area contributed by atoms with E-state index in [1.807, 2.05) is 7.05 Å². The van der Waals surface area contributed by atoms with E-state index in [2.05, 4.69) is 10.6 Å². The van der Waals surface area contributed by atoms with Crippen molar-refractivity contribution < 1.29 is 9.59 Å². The average molecular weight is 187 g/mol. The van der Waals surface area contributed by atoms with Crippen molar-refractivity contribution >= 4 is 11.8 Å². The van der Waals surface area contributed by atoms with Gasteiger partial charge in [0.1, 0.15) is 0 Å². The summed E-state index contributed by atoms with van der Waals surface area (Å²) in [6.45, 7) is 1.37. The summed E-state index contributed by atoms with van der Waals surface area (Å²) in [6, 6.07) is 0. The van der Waals surface area contributed by atoms with Gasteiger partial charge in [-0.1, -0.05) is 0 Å². The highest BCUT2D eigenvalue weighted by Crippen LogP contribution is 1.93. The molecule has 0 saturated carbocycles. The second-order valence-electron chi connectivity index (χ2n) is 2.77. The Hall–Kier alpha value is -1.10. The topological polar surface area (TPSA) is 84.2 Å². The minimum atomic E-state index is -0.358. The maximum absolute atomic E-state index is 11.0. The molecule has 76 valence electrons. The van der Waals surface area contributed by atoms with Gasteiger partial charge in [0.05, 0.1) is 0 Å². The number of nitrogens with two attached hydrogens (primary N) is 1. The quantitative estimate of drug-likeness (QED) is 0.446. The van der Waals surface area contributed by atoms with Gasteiger partial charge in [0.15, 0.2) is 0 Å². The Bertz CT molecular complexity index is 171. The highest BCUT2D eigenvalue weighted by Gasteiger charge is 2.01. The standard InChI is InChI=1S/C8H17N3O2/c1-10-5-6-11-8(13)4-2-3-7(9)12/h10H,2-6H2,1H3,(H2,9,12)(H,11,13). The first kappa shape index (κ1) is 11.9. The molecule has 0 fully saturated rings. The Labute approximate surface area is 78.1 Å². The molecular formula is C8H17N3O2. The first-order valence-electron chi connectivity index (χ1n) is 4.36. The average Bonchev–Trinajstić information content (AvgIpc) is 2.04. The Morgan fingerprint density at radius 3 is 2.46 bits per heavy atom. The van der Waals surface area contributed by atoms with Crippen LogP contribution in [0.1, 0.15) is 19.3 Å². The molecule has 0 unspecified atom stereocenters. The second kappa shape index (κ2) is 7.54. The van der Waals surface area contributed by atoms with Crippen LogP contribution in [0.3, 0.4) is 0 Å². The zero-order chi connectivity index (χ0) is 10.1. The highest BCUT2D eigenvalue weighted by molar-refractivity contribution is 5.77. The number of amides is 2. The number of hydrogen-bond donors (Lipinski definition) is 3. The maximum atomic E-state index is 11.0. The third kappa shape index (κ3) is 8.81. The minimum Gasteiger partial charge on any atom is -0.370 e. The van der Waals surface area contributed by atoms with Crippen molar-refractivity contribution in [2.24, 2.45) is 5.73 Å². The summed E-state index contributed by atoms with van der Waals surface area (Å²) < 4.78 is 0. The van der Waals surface area contributed by atoms with Crippen LogP contribution in [0.4, 0.5) is 0 Å². The molecule has 0 aromatic heterocycles. The van der Waals surface area contributed by atoms with Crippen molar-refractivity contribution in [2.45, 2.75) is 19.3 Å². The highest BCUT2D eigenvalue weighted by atomic mass is 16.2. The van der Waals surface area contributed by atoms with Gasteiger partial charge < -0.3 is 16.4 Å². The third-order valence-electron chi connectivity index (χ3n) is 1.52. The molecule has 0 aromatic rings. The maximum Gasteiger partial charge on any atom is 0.220 e. The monoisotopic (exact) mass is 187 g/mol. The van der Waals surface area contributed by atoms with Crippen LogP contribution in [0.2, 0.25) is 0 Å². The van der Waals surface area contributed by atoms with Gasteiger partial charge in [0.2, 0.25) is 11.8 Å². The predicted molar refractivity (Wildman–Crippen MR) is 50.0 cm³/mol. The van der Waals surface area contributed by atoms with Gasteiger partial charge in [0.25, 0.3) is 0 Å². The van der Waals surface area contributed by atoms with Crippen LogP contribution >= 0.6 is 0 Å². The normalized spacial score (nSPS) is 9.62. The van der Waals surface area contributed by atoms with Crippen molar-refractivity contribution in [3.8, 4) is 0 Å². The smallest absolute Gasteiger partial charge is 0.220 e. The SMILES string of the molecule is CNCCNC(=O)CCCC(N)=O. The van der Waals surface area contributed by atoms with Crippen LogP contribution in [0, 0.1) is 0 Å². The molecule has 5 nitrogen and oxygen atoms in total. The molecule has 0 saturated heterocycles. The Morgan fingerprint density at radius 1 is 1.23 bits per heavy atom. The largest absolute Gasteiger partial charge is 0.370 e. The molecule has 0 aliphatic heterocycles. The Kier molecular flexibility index (Phi) is 6.91. The number of rotatable bonds is 7. The fraction of sp³-hybridized carbons (Fsp3) is 0.750. The van der Waals surface area contributed by atoms with E-state index in [1.165, 1.54) is 0 Å². The fourth-order valence-electron chi connectivity index (χ4n) is 0.838. The van der Waals surface area contributed by atoms with E-state index >= 15 is 0 Å². The summed E-state index contributed by atoms with van der Waals surface area (Å²) in [5.41, 5.74) is 4.92. The molecule has 0 aromatic carbocycles. The Balaban J connectivity index is 3.25. The zero-order valence-electron chi connectivity index (χ0n) is 7.93. The van der Waals surface area contributed by atoms with Crippen molar-refractivity contribution in [3.63, 3.8) is 0 Å². The lowest BCUT2D eigenvalue weighted by molar-refractivity contribution is -0.121. The van der Waals surface area contributed by atoms with Gasteiger partial charge in [-0.05, 0) is 13.5 Å². The number of hydrogen-bond acceptors (Lipinski definition) is 3. The van der Waals surface area contributed by atoms with Crippen LogP contribution in [-0.4, -0.2) is 32.0 Å². The predicted octanol–water partition coefficient (Wildman–Crippen LogP) is -1.02. The minimum absolute atomic E-state index is 0.0310. The lowest BCUT2D eigenvalue weighted by Gasteiger charge is -2.03. The van der Waals surface area contributed by atoms with E-state index in [-0.39, 0.29) is 18.2 Å². The third-order valence-corrected chi connectivity index (χ3v) is 1.52. The molecular weight excluding hydrogens is 170 g/mol. The van der Waals surface area contributed by atoms with Gasteiger partial charge in [0, 0.05) is 25.9 Å². The lowest BCUT2D eigenvalue weighted by Crippen LogP contribution is -2.30. The molecule has 0 rings (SSSR count). The van der Waals surface area contributed by atoms with Gasteiger partial charge >= 0.3 is 0 Å². The van der Waals surface area contributed by atoms with Gasteiger partial charge in [-0.15, -0.1) is 0 Å². The summed E-state index contributed by atoms with van der Waals surface area (Å²) >= 11 is 0. The molecule has 0 bridgehead atoms. The molecule has 0 radical (unpaired) electrons. The van der Waals surface area contributed by atoms with Crippen LogP contribution in [0.5, 0.6) is 0 Å². The molecule has 0 spiro atoms. The van der Waals surface area contributed by atoms with E-state index < -0.39 is 0 Å². The summed E-state index contributed by atoms with van der Waals surface area (Å²) in [4.78, 5) is 21.3. The number of nitrogens with one attached hydrogen (secondary N) is 2. The molecule has 0 aliphatic rings. The number of primary amides is 1. The lowest BCUT2D eigenvalue weighted by atomic mass is 10.2. The van der Waals surface area contributed by atoms with Crippen LogP contribution in [0.15, 0.2) is 0 Å². The molecule has 0 aliphatic carbocycles. The van der Waals surface area contributed by atoms with E-state index in [1.54, 1.807) is 0 Å². The van der Waals surface area contributed by atoms with E-state index in [0.717, 1.165) is 6.54 Å². The number of carbonyl (C=O) groups is 2. The molecule has 13 heavy (non-hydrogen) atoms. The summed E-state index contributed by atoms with van der Waals surface area (Å²) in [5.74, 6) is -0.389. The van der Waals surface area contributed by atoms with Crippen LogP contribution < -0.4 is 16.4 Å². The molecule has 4 N–H and O–H groups in total. The summed E-state index contributed by atoms with van der Waals surface area (Å²) in [5, 5.41) is 5.61. The summed E-state index contributed by atoms with van der Waals surface area (Å²) in [6.07, 6.45) is 1.17. The zero-order valence-corrected chi connectivity index (χ0v) is 7.93. The van der Waals surface area contributed by atoms with Crippen molar-refractivity contribution in [1.29, 1.82) is 0 Å². The first-order chi connectivity index (χ1) is 6.16. The summed E-state index contributed by atoms with van der Waals surface area (Å²) in [7, 11) is 1.82. The van der Waals surface area contributed by atoms with Crippen molar-refractivity contribution in [2.75, 3.05) is 20.1 Å². The van der Waals surface area contributed by atoms with E-state index in [9.17, 15) is 9.59 Å². The number of likely N-dealkylation sites (N-methyl/N-ethyl adjacent to an activating group) is 1. The second-order valence-corrected chi connectivity index (χ2v) is 2.77. The number of carbonyl (C=O) groups excluding carboxylic acids is 2. The molecule has 2 amide bonds. The van der Waals surface area contributed by atoms with Crippen LogP contribution in [-0.2, 0) is 9.59 Å².